The Balaban J connectivity index is 2.09. The van der Waals surface area contributed by atoms with Gasteiger partial charge in [-0.05, 0) is 36.6 Å². The van der Waals surface area contributed by atoms with Crippen molar-refractivity contribution in [1.29, 1.82) is 0 Å². The zero-order valence-electron chi connectivity index (χ0n) is 11.7. The number of rotatable bonds is 5. The molecule has 0 aliphatic rings. The Kier molecular flexibility index (Phi) is 5.24. The highest BCUT2D eigenvalue weighted by Crippen LogP contribution is 2.29. The van der Waals surface area contributed by atoms with Crippen molar-refractivity contribution in [1.82, 2.24) is 10.2 Å². The number of hydrogen-bond donors (Lipinski definition) is 1. The molecule has 2 aromatic rings. The maximum absolute atomic E-state index is 6.20. The van der Waals surface area contributed by atoms with Crippen molar-refractivity contribution in [3.63, 3.8) is 0 Å². The molecule has 0 spiro atoms. The molecule has 0 saturated carbocycles. The number of aromatic nitrogens is 2. The van der Waals surface area contributed by atoms with Crippen LogP contribution in [-0.2, 0) is 6.42 Å². The highest BCUT2D eigenvalue weighted by atomic mass is 35.5. The Labute approximate surface area is 133 Å². The molecule has 3 nitrogen and oxygen atoms in total. The zero-order chi connectivity index (χ0) is 14.7. The van der Waals surface area contributed by atoms with Crippen LogP contribution < -0.4 is 5.32 Å². The quantitative estimate of drug-likeness (QED) is 0.817. The molecule has 0 bridgehead atoms. The van der Waals surface area contributed by atoms with Crippen LogP contribution in [0.3, 0.4) is 0 Å². The second-order valence-electron chi connectivity index (χ2n) is 5.13. The number of benzene rings is 1. The van der Waals surface area contributed by atoms with Gasteiger partial charge in [-0.25, -0.2) is 0 Å². The van der Waals surface area contributed by atoms with Gasteiger partial charge in [-0.1, -0.05) is 48.4 Å². The minimum absolute atomic E-state index is 0.0287. The normalized spacial score (nSPS) is 12.7. The Morgan fingerprint density at radius 2 is 1.95 bits per heavy atom. The first-order valence-corrected chi connectivity index (χ1v) is 8.07. The van der Waals surface area contributed by atoms with Crippen molar-refractivity contribution in [2.75, 3.05) is 5.32 Å². The van der Waals surface area contributed by atoms with Crippen LogP contribution in [0.4, 0.5) is 5.13 Å². The van der Waals surface area contributed by atoms with E-state index in [0.717, 1.165) is 22.1 Å². The van der Waals surface area contributed by atoms with E-state index in [1.807, 2.05) is 19.1 Å². The SMILES string of the molecule is CC(C)Cc1nnc(NC(C)c2cc(Cl)ccc2Cl)s1. The molecule has 1 aromatic heterocycles. The summed E-state index contributed by atoms with van der Waals surface area (Å²) in [6, 6.07) is 5.49. The third-order valence-corrected chi connectivity index (χ3v) is 4.27. The molecular formula is C14H17Cl2N3S. The Hall–Kier alpha value is -0.840. The van der Waals surface area contributed by atoms with E-state index in [0.29, 0.717) is 16.0 Å². The van der Waals surface area contributed by atoms with E-state index in [2.05, 4.69) is 29.4 Å². The van der Waals surface area contributed by atoms with Crippen molar-refractivity contribution in [3.8, 4) is 0 Å². The number of anilines is 1. The molecule has 1 unspecified atom stereocenters. The highest BCUT2D eigenvalue weighted by molar-refractivity contribution is 7.15. The average Bonchev–Trinajstić information content (AvgIpc) is 2.78. The summed E-state index contributed by atoms with van der Waals surface area (Å²) >= 11 is 13.8. The Bertz CT molecular complexity index is 584. The molecule has 1 atom stereocenters. The van der Waals surface area contributed by atoms with Crippen LogP contribution in [0, 0.1) is 5.92 Å². The molecule has 1 heterocycles. The summed E-state index contributed by atoms with van der Waals surface area (Å²) in [6.07, 6.45) is 0.950. The van der Waals surface area contributed by atoms with Gasteiger partial charge in [0, 0.05) is 16.5 Å². The number of hydrogen-bond acceptors (Lipinski definition) is 4. The molecule has 2 rings (SSSR count). The van der Waals surface area contributed by atoms with Crippen molar-refractivity contribution < 1.29 is 0 Å². The van der Waals surface area contributed by atoms with Crippen LogP contribution in [-0.4, -0.2) is 10.2 Å². The fourth-order valence-corrected chi connectivity index (χ4v) is 3.35. The van der Waals surface area contributed by atoms with Crippen molar-refractivity contribution >= 4 is 39.7 Å². The monoisotopic (exact) mass is 329 g/mol. The fraction of sp³-hybridized carbons (Fsp3) is 0.429. The predicted octanol–water partition coefficient (Wildman–Crippen LogP) is 5.22. The van der Waals surface area contributed by atoms with Gasteiger partial charge in [-0.2, -0.15) is 0 Å². The van der Waals surface area contributed by atoms with E-state index < -0.39 is 0 Å². The smallest absolute Gasteiger partial charge is 0.206 e. The van der Waals surface area contributed by atoms with E-state index in [9.17, 15) is 0 Å². The maximum Gasteiger partial charge on any atom is 0.206 e. The van der Waals surface area contributed by atoms with Gasteiger partial charge in [0.1, 0.15) is 5.01 Å². The van der Waals surface area contributed by atoms with E-state index in [-0.39, 0.29) is 6.04 Å². The topological polar surface area (TPSA) is 37.8 Å². The molecule has 0 amide bonds. The van der Waals surface area contributed by atoms with Gasteiger partial charge < -0.3 is 5.32 Å². The third kappa shape index (κ3) is 4.08. The molecule has 0 radical (unpaired) electrons. The first-order valence-electron chi connectivity index (χ1n) is 6.49. The van der Waals surface area contributed by atoms with Crippen LogP contribution in [0.2, 0.25) is 10.0 Å². The van der Waals surface area contributed by atoms with Crippen molar-refractivity contribution in [2.24, 2.45) is 5.92 Å². The predicted molar refractivity (Wildman–Crippen MR) is 87.0 cm³/mol. The zero-order valence-corrected chi connectivity index (χ0v) is 14.0. The minimum Gasteiger partial charge on any atom is -0.354 e. The van der Waals surface area contributed by atoms with Crippen LogP contribution in [0.1, 0.15) is 37.4 Å². The van der Waals surface area contributed by atoms with E-state index in [4.69, 9.17) is 23.2 Å². The third-order valence-electron chi connectivity index (χ3n) is 2.81. The number of halogens is 2. The lowest BCUT2D eigenvalue weighted by atomic mass is 10.1. The summed E-state index contributed by atoms with van der Waals surface area (Å²) in [5, 5.41) is 14.9. The van der Waals surface area contributed by atoms with Gasteiger partial charge in [0.2, 0.25) is 5.13 Å². The molecule has 1 N–H and O–H groups in total. The molecular weight excluding hydrogens is 313 g/mol. The number of nitrogens with zero attached hydrogens (tertiary/aromatic N) is 2. The van der Waals surface area contributed by atoms with E-state index >= 15 is 0 Å². The van der Waals surface area contributed by atoms with Gasteiger partial charge in [0.15, 0.2) is 0 Å². The van der Waals surface area contributed by atoms with Gasteiger partial charge in [0.05, 0.1) is 6.04 Å². The summed E-state index contributed by atoms with van der Waals surface area (Å²) in [6.45, 7) is 6.37. The fourth-order valence-electron chi connectivity index (χ4n) is 1.85. The molecule has 1 aromatic carbocycles. The Morgan fingerprint density at radius 1 is 1.20 bits per heavy atom. The van der Waals surface area contributed by atoms with E-state index in [1.54, 1.807) is 17.4 Å². The van der Waals surface area contributed by atoms with Crippen LogP contribution in [0.15, 0.2) is 18.2 Å². The lowest BCUT2D eigenvalue weighted by Crippen LogP contribution is -2.07. The van der Waals surface area contributed by atoms with Gasteiger partial charge >= 0.3 is 0 Å². The first-order chi connectivity index (χ1) is 9.45. The molecule has 6 heteroatoms. The van der Waals surface area contributed by atoms with Gasteiger partial charge in [-0.3, -0.25) is 0 Å². The van der Waals surface area contributed by atoms with Crippen LogP contribution in [0.25, 0.3) is 0 Å². The lowest BCUT2D eigenvalue weighted by Gasteiger charge is -2.14. The first kappa shape index (κ1) is 15.5. The second kappa shape index (κ2) is 6.74. The molecule has 0 aliphatic heterocycles. The van der Waals surface area contributed by atoms with Crippen LogP contribution >= 0.6 is 34.5 Å². The minimum atomic E-state index is 0.0287. The highest BCUT2D eigenvalue weighted by Gasteiger charge is 2.13. The molecule has 0 aliphatic carbocycles. The largest absolute Gasteiger partial charge is 0.354 e. The van der Waals surface area contributed by atoms with Gasteiger partial charge in [0.25, 0.3) is 0 Å². The summed E-state index contributed by atoms with van der Waals surface area (Å²) in [7, 11) is 0. The number of nitrogens with one attached hydrogen (secondary N) is 1. The summed E-state index contributed by atoms with van der Waals surface area (Å²) < 4.78 is 0. The standard InChI is InChI=1S/C14H17Cl2N3S/c1-8(2)6-13-18-19-14(20-13)17-9(3)11-7-10(15)4-5-12(11)16/h4-5,7-9H,6H2,1-3H3,(H,17,19). The summed E-state index contributed by atoms with van der Waals surface area (Å²) in [4.78, 5) is 0. The Morgan fingerprint density at radius 3 is 2.65 bits per heavy atom. The average molecular weight is 330 g/mol. The summed E-state index contributed by atoms with van der Waals surface area (Å²) in [5.74, 6) is 0.579. The molecule has 0 fully saturated rings. The van der Waals surface area contributed by atoms with Crippen LogP contribution in [0.5, 0.6) is 0 Å². The molecule has 108 valence electrons. The second-order valence-corrected chi connectivity index (χ2v) is 7.04. The molecule has 0 saturated heterocycles. The van der Waals surface area contributed by atoms with Gasteiger partial charge in [-0.15, -0.1) is 10.2 Å². The molecule has 20 heavy (non-hydrogen) atoms. The maximum atomic E-state index is 6.20. The van der Waals surface area contributed by atoms with E-state index in [1.165, 1.54) is 0 Å². The van der Waals surface area contributed by atoms with Crippen molar-refractivity contribution in [2.45, 2.75) is 33.2 Å². The summed E-state index contributed by atoms with van der Waals surface area (Å²) in [5.41, 5.74) is 0.958. The lowest BCUT2D eigenvalue weighted by molar-refractivity contribution is 0.640. The van der Waals surface area contributed by atoms with Crippen molar-refractivity contribution in [3.05, 3.63) is 38.8 Å².